The van der Waals surface area contributed by atoms with Gasteiger partial charge in [-0.25, -0.2) is 0 Å². The average Bonchev–Trinajstić information content (AvgIpc) is 2.93. The van der Waals surface area contributed by atoms with E-state index in [0.29, 0.717) is 17.8 Å². The Morgan fingerprint density at radius 2 is 2.00 bits per heavy atom. The number of carbonyl (C=O) groups is 2. The van der Waals surface area contributed by atoms with Gasteiger partial charge in [0.25, 0.3) is 5.91 Å². The minimum Gasteiger partial charge on any atom is -0.356 e. The van der Waals surface area contributed by atoms with Gasteiger partial charge in [-0.05, 0) is 46.6 Å². The van der Waals surface area contributed by atoms with Crippen molar-refractivity contribution >= 4 is 42.3 Å². The van der Waals surface area contributed by atoms with Crippen LogP contribution in [0.4, 0.5) is 0 Å². The summed E-state index contributed by atoms with van der Waals surface area (Å²) in [5.74, 6) is 3.05. The third-order valence-corrected chi connectivity index (χ3v) is 5.52. The van der Waals surface area contributed by atoms with Gasteiger partial charge in [0.15, 0.2) is 6.29 Å². The predicted molar refractivity (Wildman–Crippen MR) is 115 cm³/mol. The van der Waals surface area contributed by atoms with Gasteiger partial charge in [0.1, 0.15) is 0 Å². The fourth-order valence-corrected chi connectivity index (χ4v) is 3.75. The van der Waals surface area contributed by atoms with Crippen molar-refractivity contribution < 1.29 is 9.59 Å². The number of aromatic nitrogens is 1. The second-order valence-corrected chi connectivity index (χ2v) is 8.04. The van der Waals surface area contributed by atoms with Gasteiger partial charge in [-0.2, -0.15) is 0 Å². The van der Waals surface area contributed by atoms with Gasteiger partial charge in [-0.15, -0.1) is 0 Å². The van der Waals surface area contributed by atoms with Gasteiger partial charge < -0.3 is 15.2 Å². The number of aromatic amines is 1. The molecule has 1 saturated heterocycles. The minimum atomic E-state index is -0.110. The Balaban J connectivity index is 1.67. The molecule has 26 heavy (non-hydrogen) atoms. The minimum absolute atomic E-state index is 0.110. The van der Waals surface area contributed by atoms with Crippen molar-refractivity contribution in [1.82, 2.24) is 20.1 Å². The SMILES string of the molecule is Cc1[nH]c(C=O)c(C)c1C(=O)NCCCN1CCN(CC#CSI)CC1. The molecule has 2 rings (SSSR count). The summed E-state index contributed by atoms with van der Waals surface area (Å²) in [5, 5.41) is 5.99. The lowest BCUT2D eigenvalue weighted by atomic mass is 10.1. The van der Waals surface area contributed by atoms with Gasteiger partial charge in [0.2, 0.25) is 0 Å². The Morgan fingerprint density at radius 1 is 1.31 bits per heavy atom. The average molecular weight is 488 g/mol. The first kappa shape index (κ1) is 21.3. The smallest absolute Gasteiger partial charge is 0.253 e. The number of nitrogens with zero attached hydrogens (tertiary/aromatic N) is 2. The lowest BCUT2D eigenvalue weighted by Crippen LogP contribution is -2.46. The van der Waals surface area contributed by atoms with E-state index in [1.54, 1.807) is 6.92 Å². The molecule has 142 valence electrons. The van der Waals surface area contributed by atoms with E-state index >= 15 is 0 Å². The fourth-order valence-electron chi connectivity index (χ4n) is 3.17. The number of carbonyl (C=O) groups excluding carboxylic acids is 2. The maximum Gasteiger partial charge on any atom is 0.253 e. The highest BCUT2D eigenvalue weighted by Crippen LogP contribution is 2.16. The molecule has 1 aromatic rings. The molecule has 0 bridgehead atoms. The van der Waals surface area contributed by atoms with Crippen LogP contribution in [0.3, 0.4) is 0 Å². The first-order valence-electron chi connectivity index (χ1n) is 8.69. The first-order valence-corrected chi connectivity index (χ1v) is 12.1. The maximum absolute atomic E-state index is 12.4. The first-order chi connectivity index (χ1) is 12.6. The van der Waals surface area contributed by atoms with Crippen LogP contribution in [0.5, 0.6) is 0 Å². The van der Waals surface area contributed by atoms with Gasteiger partial charge in [0, 0.05) is 59.6 Å². The standard InChI is InChI=1S/C18H25IN4O2S/c1-14-16(13-24)21-15(2)17(14)18(25)20-5-3-6-22-8-10-23(11-9-22)7-4-12-26-19/h13,21H,3,5-11H2,1-2H3,(H,20,25). The summed E-state index contributed by atoms with van der Waals surface area (Å²) in [5.41, 5.74) is 2.52. The second-order valence-electron chi connectivity index (χ2n) is 6.36. The third-order valence-electron chi connectivity index (χ3n) is 4.64. The van der Waals surface area contributed by atoms with E-state index in [0.717, 1.165) is 63.2 Å². The van der Waals surface area contributed by atoms with Crippen molar-refractivity contribution in [3.05, 3.63) is 22.5 Å². The molecular weight excluding hydrogens is 463 g/mol. The van der Waals surface area contributed by atoms with E-state index in [1.165, 1.54) is 8.93 Å². The van der Waals surface area contributed by atoms with Crippen molar-refractivity contribution in [3.63, 3.8) is 0 Å². The summed E-state index contributed by atoms with van der Waals surface area (Å²) in [6.07, 6.45) is 1.67. The lowest BCUT2D eigenvalue weighted by molar-refractivity contribution is 0.0947. The number of halogens is 1. The summed E-state index contributed by atoms with van der Waals surface area (Å²) in [6.45, 7) is 10.3. The van der Waals surface area contributed by atoms with Gasteiger partial charge in [0.05, 0.1) is 17.8 Å². The zero-order chi connectivity index (χ0) is 18.9. The number of rotatable bonds is 7. The molecular formula is C18H25IN4O2S. The lowest BCUT2D eigenvalue weighted by Gasteiger charge is -2.33. The number of aldehydes is 1. The Morgan fingerprint density at radius 3 is 2.62 bits per heavy atom. The van der Waals surface area contributed by atoms with Gasteiger partial charge in [-0.3, -0.25) is 14.5 Å². The molecule has 0 aromatic carbocycles. The van der Waals surface area contributed by atoms with Crippen LogP contribution in [0.15, 0.2) is 0 Å². The molecule has 0 aliphatic carbocycles. The number of hydrogen-bond acceptors (Lipinski definition) is 5. The van der Waals surface area contributed by atoms with E-state index in [4.69, 9.17) is 0 Å². The Hall–Kier alpha value is -1.02. The highest BCUT2D eigenvalue weighted by atomic mass is 127. The normalized spacial score (nSPS) is 15.3. The number of amides is 1. The van der Waals surface area contributed by atoms with Crippen LogP contribution in [0.25, 0.3) is 0 Å². The van der Waals surface area contributed by atoms with Crippen LogP contribution in [-0.4, -0.2) is 72.8 Å². The maximum atomic E-state index is 12.4. The van der Waals surface area contributed by atoms with Gasteiger partial charge in [-0.1, -0.05) is 5.92 Å². The van der Waals surface area contributed by atoms with Crippen LogP contribution in [0, 0.1) is 25.0 Å². The molecule has 2 heterocycles. The molecule has 0 spiro atoms. The van der Waals surface area contributed by atoms with E-state index < -0.39 is 0 Å². The Kier molecular flexibility index (Phi) is 8.98. The van der Waals surface area contributed by atoms with Crippen molar-refractivity contribution in [2.45, 2.75) is 20.3 Å². The topological polar surface area (TPSA) is 68.4 Å². The summed E-state index contributed by atoms with van der Waals surface area (Å²) < 4.78 is 0. The van der Waals surface area contributed by atoms with E-state index in [2.05, 4.69) is 52.5 Å². The Bertz CT molecular complexity index is 687. The largest absolute Gasteiger partial charge is 0.356 e. The quantitative estimate of drug-likeness (QED) is 0.267. The third kappa shape index (κ3) is 6.01. The molecule has 1 aromatic heterocycles. The van der Waals surface area contributed by atoms with Gasteiger partial charge >= 0.3 is 0 Å². The number of aryl methyl sites for hydroxylation is 1. The zero-order valence-corrected chi connectivity index (χ0v) is 18.2. The molecule has 0 unspecified atom stereocenters. The molecule has 1 aliphatic heterocycles. The second kappa shape index (κ2) is 11.0. The summed E-state index contributed by atoms with van der Waals surface area (Å²) in [4.78, 5) is 31.1. The molecule has 0 atom stereocenters. The molecule has 8 heteroatoms. The van der Waals surface area contributed by atoms with Crippen LogP contribution in [-0.2, 0) is 0 Å². The van der Waals surface area contributed by atoms with Crippen molar-refractivity contribution in [1.29, 1.82) is 0 Å². The fraction of sp³-hybridized carbons (Fsp3) is 0.556. The molecule has 1 aliphatic rings. The van der Waals surface area contributed by atoms with E-state index in [1.807, 2.05) is 6.92 Å². The number of nitrogens with one attached hydrogen (secondary N) is 2. The summed E-state index contributed by atoms with van der Waals surface area (Å²) >= 11 is 2.19. The highest BCUT2D eigenvalue weighted by Gasteiger charge is 2.18. The van der Waals surface area contributed by atoms with Crippen LogP contribution in [0.1, 0.15) is 38.5 Å². The molecule has 0 radical (unpaired) electrons. The molecule has 2 N–H and O–H groups in total. The van der Waals surface area contributed by atoms with E-state index in [-0.39, 0.29) is 5.91 Å². The number of piperazine rings is 1. The van der Waals surface area contributed by atoms with Crippen molar-refractivity contribution in [3.8, 4) is 11.2 Å². The van der Waals surface area contributed by atoms with Crippen LogP contribution < -0.4 is 5.32 Å². The number of hydrogen-bond donors (Lipinski definition) is 2. The van der Waals surface area contributed by atoms with Crippen molar-refractivity contribution in [2.24, 2.45) is 0 Å². The van der Waals surface area contributed by atoms with E-state index in [9.17, 15) is 9.59 Å². The Labute approximate surface area is 171 Å². The van der Waals surface area contributed by atoms with Crippen molar-refractivity contribution in [2.75, 3.05) is 45.8 Å². The predicted octanol–water partition coefficient (Wildman–Crippen LogP) is 2.23. The number of H-pyrrole nitrogens is 1. The molecule has 1 amide bonds. The highest BCUT2D eigenvalue weighted by molar-refractivity contribution is 14.2. The zero-order valence-electron chi connectivity index (χ0n) is 15.2. The monoisotopic (exact) mass is 488 g/mol. The molecule has 0 saturated carbocycles. The van der Waals surface area contributed by atoms with Crippen LogP contribution in [0.2, 0.25) is 0 Å². The molecule has 6 nitrogen and oxygen atoms in total. The summed E-state index contributed by atoms with van der Waals surface area (Å²) in [7, 11) is 1.53. The summed E-state index contributed by atoms with van der Waals surface area (Å²) in [6, 6.07) is 0. The molecule has 1 fully saturated rings. The van der Waals surface area contributed by atoms with Crippen LogP contribution >= 0.6 is 30.1 Å².